The van der Waals surface area contributed by atoms with E-state index >= 15 is 0 Å². The van der Waals surface area contributed by atoms with Crippen LogP contribution < -0.4 is 5.57 Å². The average molecular weight is 222 g/mol. The normalized spacial score (nSPS) is 12.3. The summed E-state index contributed by atoms with van der Waals surface area (Å²) in [7, 11) is 2.53. The van der Waals surface area contributed by atoms with E-state index in [1.54, 1.807) is 0 Å². The van der Waals surface area contributed by atoms with Crippen LogP contribution in [0.3, 0.4) is 0 Å². The first-order valence-electron chi connectivity index (χ1n) is 4.87. The third-order valence-corrected chi connectivity index (χ3v) is 2.57. The van der Waals surface area contributed by atoms with E-state index in [0.717, 1.165) is 16.9 Å². The quantitative estimate of drug-likeness (QED) is 0.633. The number of aryl methyl sites for hydroxylation is 1. The van der Waals surface area contributed by atoms with Crippen LogP contribution >= 0.6 is 9.24 Å². The number of imidazole rings is 1. The monoisotopic (exact) mass is 222 g/mol. The molecule has 4 nitrogen and oxygen atoms in total. The van der Waals surface area contributed by atoms with Gasteiger partial charge in [-0.2, -0.15) is 0 Å². The molecule has 2 aromatic heterocycles. The average Bonchev–Trinajstić information content (AvgIpc) is 2.45. The summed E-state index contributed by atoms with van der Waals surface area (Å²) in [4.78, 5) is 13.0. The molecule has 80 valence electrons. The molecular weight excluding hydrogens is 207 g/mol. The Hall–Kier alpha value is -1.02. The Balaban J connectivity index is 2.80. The molecule has 2 rings (SSSR count). The maximum Gasteiger partial charge on any atom is 0.164 e. The zero-order chi connectivity index (χ0) is 11.2. The molecule has 0 aliphatic heterocycles. The fourth-order valence-corrected chi connectivity index (χ4v) is 1.87. The van der Waals surface area contributed by atoms with E-state index in [2.05, 4.69) is 49.5 Å². The fourth-order valence-electron chi connectivity index (χ4n) is 1.55. The minimum absolute atomic E-state index is 0.00729. The van der Waals surface area contributed by atoms with Gasteiger partial charge in [0.2, 0.25) is 0 Å². The molecule has 5 heteroatoms. The van der Waals surface area contributed by atoms with E-state index in [1.807, 2.05) is 13.3 Å². The third-order valence-electron chi connectivity index (χ3n) is 2.31. The van der Waals surface area contributed by atoms with Crippen LogP contribution in [0, 0.1) is 6.92 Å². The van der Waals surface area contributed by atoms with Gasteiger partial charge in [-0.1, -0.05) is 9.24 Å². The summed E-state index contributed by atoms with van der Waals surface area (Å²) in [5.41, 5.74) is 3.42. The Kier molecular flexibility index (Phi) is 2.27. The minimum Gasteiger partial charge on any atom is -0.310 e. The molecule has 0 amide bonds. The van der Waals surface area contributed by atoms with Crippen molar-refractivity contribution in [2.24, 2.45) is 0 Å². The summed E-state index contributed by atoms with van der Waals surface area (Å²) >= 11 is 0. The maximum atomic E-state index is 4.42. The second kappa shape index (κ2) is 3.24. The van der Waals surface area contributed by atoms with Crippen molar-refractivity contribution in [3.63, 3.8) is 0 Å². The summed E-state index contributed by atoms with van der Waals surface area (Å²) in [6.07, 6.45) is 1.83. The molecule has 0 aliphatic rings. The molecule has 0 aromatic carbocycles. The van der Waals surface area contributed by atoms with Gasteiger partial charge in [0.1, 0.15) is 11.1 Å². The van der Waals surface area contributed by atoms with Gasteiger partial charge in [0.05, 0.1) is 12.0 Å². The summed E-state index contributed by atoms with van der Waals surface area (Å²) in [6.45, 7) is 8.35. The van der Waals surface area contributed by atoms with Crippen molar-refractivity contribution in [2.75, 3.05) is 0 Å². The molecule has 0 N–H and O–H groups in total. The van der Waals surface area contributed by atoms with Gasteiger partial charge >= 0.3 is 0 Å². The summed E-state index contributed by atoms with van der Waals surface area (Å²) in [6, 6.07) is 0. The molecule has 2 heterocycles. The van der Waals surface area contributed by atoms with Crippen molar-refractivity contribution in [1.29, 1.82) is 0 Å². The van der Waals surface area contributed by atoms with E-state index in [0.29, 0.717) is 5.57 Å². The standard InChI is InChI=1S/C10H15N4P/c1-6-7-8(13-9(15)12-6)14(5-11-7)10(2,3)4/h5H,15H2,1-4H3. The van der Waals surface area contributed by atoms with Crippen LogP contribution in [0.4, 0.5) is 0 Å². The largest absolute Gasteiger partial charge is 0.310 e. The first-order valence-corrected chi connectivity index (χ1v) is 5.45. The van der Waals surface area contributed by atoms with Crippen LogP contribution in [0.25, 0.3) is 11.2 Å². The first kappa shape index (κ1) is 10.5. The van der Waals surface area contributed by atoms with Crippen molar-refractivity contribution >= 4 is 26.0 Å². The number of rotatable bonds is 0. The molecule has 0 saturated heterocycles. The Bertz CT molecular complexity index is 510. The number of aromatic nitrogens is 4. The highest BCUT2D eigenvalue weighted by molar-refractivity contribution is 7.26. The number of nitrogens with zero attached hydrogens (tertiary/aromatic N) is 4. The number of hydrogen-bond acceptors (Lipinski definition) is 3. The van der Waals surface area contributed by atoms with Gasteiger partial charge in [0.15, 0.2) is 5.65 Å². The molecule has 0 spiro atoms. The molecule has 0 bridgehead atoms. The van der Waals surface area contributed by atoms with Gasteiger partial charge in [-0.15, -0.1) is 0 Å². The van der Waals surface area contributed by atoms with Gasteiger partial charge in [0, 0.05) is 5.54 Å². The molecule has 0 radical (unpaired) electrons. The van der Waals surface area contributed by atoms with Crippen LogP contribution in [0.1, 0.15) is 26.5 Å². The Labute approximate surface area is 91.3 Å². The molecule has 0 fully saturated rings. The van der Waals surface area contributed by atoms with E-state index in [9.17, 15) is 0 Å². The highest BCUT2D eigenvalue weighted by Gasteiger charge is 2.18. The van der Waals surface area contributed by atoms with Crippen molar-refractivity contribution in [1.82, 2.24) is 19.5 Å². The van der Waals surface area contributed by atoms with Crippen molar-refractivity contribution in [3.05, 3.63) is 12.0 Å². The Morgan fingerprint density at radius 3 is 2.53 bits per heavy atom. The zero-order valence-electron chi connectivity index (χ0n) is 9.44. The highest BCUT2D eigenvalue weighted by atomic mass is 31.0. The lowest BCUT2D eigenvalue weighted by Gasteiger charge is -2.20. The molecule has 2 aromatic rings. The maximum absolute atomic E-state index is 4.42. The zero-order valence-corrected chi connectivity index (χ0v) is 10.6. The second-order valence-corrected chi connectivity index (χ2v) is 5.14. The van der Waals surface area contributed by atoms with E-state index in [1.165, 1.54) is 0 Å². The lowest BCUT2D eigenvalue weighted by Crippen LogP contribution is -2.22. The van der Waals surface area contributed by atoms with Crippen LogP contribution in [0.15, 0.2) is 6.33 Å². The summed E-state index contributed by atoms with van der Waals surface area (Å²) < 4.78 is 2.07. The second-order valence-electron chi connectivity index (χ2n) is 4.62. The lowest BCUT2D eigenvalue weighted by molar-refractivity contribution is 0.406. The van der Waals surface area contributed by atoms with Gasteiger partial charge in [-0.25, -0.2) is 15.0 Å². The molecular formula is C10H15N4P. The van der Waals surface area contributed by atoms with Crippen LogP contribution in [0.2, 0.25) is 0 Å². The third kappa shape index (κ3) is 1.74. The van der Waals surface area contributed by atoms with Gasteiger partial charge in [-0.05, 0) is 27.7 Å². The molecule has 1 unspecified atom stereocenters. The predicted molar refractivity (Wildman–Crippen MR) is 64.4 cm³/mol. The van der Waals surface area contributed by atoms with Crippen LogP contribution in [-0.2, 0) is 5.54 Å². The van der Waals surface area contributed by atoms with Crippen molar-refractivity contribution in [3.8, 4) is 0 Å². The number of fused-ring (bicyclic) bond motifs is 1. The Morgan fingerprint density at radius 1 is 1.27 bits per heavy atom. The van der Waals surface area contributed by atoms with Gasteiger partial charge in [-0.3, -0.25) is 0 Å². The van der Waals surface area contributed by atoms with Crippen molar-refractivity contribution < 1.29 is 0 Å². The molecule has 0 aliphatic carbocycles. The smallest absolute Gasteiger partial charge is 0.164 e. The minimum atomic E-state index is -0.00729. The Morgan fingerprint density at radius 2 is 1.93 bits per heavy atom. The van der Waals surface area contributed by atoms with E-state index in [4.69, 9.17) is 0 Å². The van der Waals surface area contributed by atoms with Gasteiger partial charge in [0.25, 0.3) is 0 Å². The molecule has 0 saturated carbocycles. The lowest BCUT2D eigenvalue weighted by atomic mass is 10.1. The summed E-state index contributed by atoms with van der Waals surface area (Å²) in [5.74, 6) is 0. The molecule has 1 atom stereocenters. The topological polar surface area (TPSA) is 43.6 Å². The fraction of sp³-hybridized carbons (Fsp3) is 0.500. The predicted octanol–water partition coefficient (Wildman–Crippen LogP) is 1.39. The van der Waals surface area contributed by atoms with Crippen molar-refractivity contribution in [2.45, 2.75) is 33.2 Å². The SMILES string of the molecule is Cc1nc(P)nc2c1ncn2C(C)(C)C. The van der Waals surface area contributed by atoms with E-state index in [-0.39, 0.29) is 5.54 Å². The number of hydrogen-bond donors (Lipinski definition) is 0. The van der Waals surface area contributed by atoms with E-state index < -0.39 is 0 Å². The molecule has 15 heavy (non-hydrogen) atoms. The highest BCUT2D eigenvalue weighted by Crippen LogP contribution is 2.20. The van der Waals surface area contributed by atoms with Crippen LogP contribution in [0.5, 0.6) is 0 Å². The summed E-state index contributed by atoms with van der Waals surface area (Å²) in [5, 5.41) is 0. The van der Waals surface area contributed by atoms with Gasteiger partial charge < -0.3 is 4.57 Å². The van der Waals surface area contributed by atoms with Crippen LogP contribution in [-0.4, -0.2) is 19.5 Å². The first-order chi connectivity index (χ1) is 6.89.